The number of amides is 1. The highest BCUT2D eigenvalue weighted by Gasteiger charge is 2.16. The third kappa shape index (κ3) is 6.34. The lowest BCUT2D eigenvalue weighted by atomic mass is 10.3. The van der Waals surface area contributed by atoms with Gasteiger partial charge in [-0.1, -0.05) is 30.6 Å². The molecule has 1 aliphatic heterocycles. The Morgan fingerprint density at radius 1 is 1.39 bits per heavy atom. The smallest absolute Gasteiger partial charge is 0.246 e. The lowest BCUT2D eigenvalue weighted by Gasteiger charge is -2.22. The summed E-state index contributed by atoms with van der Waals surface area (Å²) in [6.07, 6.45) is 0. The van der Waals surface area contributed by atoms with Gasteiger partial charge >= 0.3 is 0 Å². The van der Waals surface area contributed by atoms with Gasteiger partial charge in [-0.15, -0.1) is 0 Å². The van der Waals surface area contributed by atoms with Crippen LogP contribution in [-0.4, -0.2) is 48.6 Å². The Morgan fingerprint density at radius 2 is 2.00 bits per heavy atom. The molecule has 2 N–H and O–H groups in total. The first-order chi connectivity index (χ1) is 8.59. The maximum Gasteiger partial charge on any atom is 0.246 e. The summed E-state index contributed by atoms with van der Waals surface area (Å²) < 4.78 is 11.0. The summed E-state index contributed by atoms with van der Waals surface area (Å²) in [5.74, 6) is -0.135. The van der Waals surface area contributed by atoms with Crippen LogP contribution in [0.25, 0.3) is 0 Å². The molecule has 5 nitrogen and oxygen atoms in total. The Hall–Kier alpha value is -0.630. The van der Waals surface area contributed by atoms with Crippen LogP contribution in [-0.2, 0) is 14.3 Å². The Morgan fingerprint density at radius 3 is 2.61 bits per heavy atom. The topological polar surface area (TPSA) is 59.6 Å². The van der Waals surface area contributed by atoms with Crippen molar-refractivity contribution < 1.29 is 14.3 Å². The third-order valence-corrected chi connectivity index (χ3v) is 3.51. The van der Waals surface area contributed by atoms with Crippen LogP contribution in [0.5, 0.6) is 0 Å². The molecule has 1 saturated heterocycles. The van der Waals surface area contributed by atoms with Gasteiger partial charge in [0.15, 0.2) is 0 Å². The molecule has 18 heavy (non-hydrogen) atoms. The van der Waals surface area contributed by atoms with Gasteiger partial charge in [-0.2, -0.15) is 0 Å². The zero-order chi connectivity index (χ0) is 13.4. The SMILES string of the molecule is C=C(C)C(=O)NCCNC(=S)SC1COCOC1. The Labute approximate surface area is 117 Å². The van der Waals surface area contributed by atoms with E-state index < -0.39 is 0 Å². The van der Waals surface area contributed by atoms with Crippen LogP contribution in [0, 0.1) is 0 Å². The highest BCUT2D eigenvalue weighted by Crippen LogP contribution is 2.15. The van der Waals surface area contributed by atoms with Crippen LogP contribution >= 0.6 is 24.0 Å². The van der Waals surface area contributed by atoms with Gasteiger partial charge in [0.05, 0.1) is 18.5 Å². The third-order valence-electron chi connectivity index (χ3n) is 2.12. The molecule has 0 radical (unpaired) electrons. The molecule has 0 aromatic rings. The summed E-state index contributed by atoms with van der Waals surface area (Å²) in [5, 5.41) is 6.02. The molecule has 0 aliphatic carbocycles. The standard InChI is InChI=1S/C11H18N2O3S2/c1-8(2)10(14)12-3-4-13-11(17)18-9-5-15-7-16-6-9/h9H,1,3-7H2,2H3,(H,12,14)(H,13,17). The predicted octanol–water partition coefficient (Wildman–Crippen LogP) is 0.659. The second-order valence-corrected chi connectivity index (χ2v) is 5.83. The number of hydrogen-bond donors (Lipinski definition) is 2. The van der Waals surface area contributed by atoms with Crippen LogP contribution in [0.3, 0.4) is 0 Å². The molecule has 0 spiro atoms. The van der Waals surface area contributed by atoms with Crippen LogP contribution in [0.4, 0.5) is 0 Å². The Kier molecular flexibility index (Phi) is 7.26. The van der Waals surface area contributed by atoms with Gasteiger partial charge in [0, 0.05) is 18.7 Å². The molecule has 0 aromatic carbocycles. The molecule has 0 atom stereocenters. The minimum absolute atomic E-state index is 0.135. The number of thiocarbonyl (C=S) groups is 1. The summed E-state index contributed by atoms with van der Waals surface area (Å²) in [5.41, 5.74) is 0.503. The Balaban J connectivity index is 2.06. The van der Waals surface area contributed by atoms with Crippen molar-refractivity contribution in [2.24, 2.45) is 0 Å². The van der Waals surface area contributed by atoms with Crippen molar-refractivity contribution in [3.05, 3.63) is 12.2 Å². The van der Waals surface area contributed by atoms with Gasteiger partial charge in [-0.3, -0.25) is 4.79 Å². The van der Waals surface area contributed by atoms with E-state index in [-0.39, 0.29) is 11.2 Å². The molecule has 1 amide bonds. The summed E-state index contributed by atoms with van der Waals surface area (Å²) in [7, 11) is 0. The van der Waals surface area contributed by atoms with Gasteiger partial charge in [0.25, 0.3) is 0 Å². The van der Waals surface area contributed by atoms with Crippen LogP contribution < -0.4 is 10.6 Å². The lowest BCUT2D eigenvalue weighted by Crippen LogP contribution is -2.35. The van der Waals surface area contributed by atoms with E-state index in [2.05, 4.69) is 17.2 Å². The quantitative estimate of drug-likeness (QED) is 0.441. The normalized spacial score (nSPS) is 16.1. The average Bonchev–Trinajstić information content (AvgIpc) is 2.35. The fraction of sp³-hybridized carbons (Fsp3) is 0.636. The van der Waals surface area contributed by atoms with Crippen molar-refractivity contribution in [3.8, 4) is 0 Å². The van der Waals surface area contributed by atoms with Crippen LogP contribution in [0.2, 0.25) is 0 Å². The molecular formula is C11H18N2O3S2. The first kappa shape index (κ1) is 15.4. The molecule has 102 valence electrons. The van der Waals surface area contributed by atoms with E-state index in [1.807, 2.05) is 0 Å². The van der Waals surface area contributed by atoms with Gasteiger partial charge < -0.3 is 20.1 Å². The van der Waals surface area contributed by atoms with Crippen molar-refractivity contribution >= 4 is 34.2 Å². The number of carbonyl (C=O) groups is 1. The van der Waals surface area contributed by atoms with E-state index in [0.29, 0.717) is 43.0 Å². The highest BCUT2D eigenvalue weighted by molar-refractivity contribution is 8.23. The summed E-state index contributed by atoms with van der Waals surface area (Å²) in [6.45, 7) is 8.01. The fourth-order valence-corrected chi connectivity index (χ4v) is 2.55. The Bertz CT molecular complexity index is 317. The largest absolute Gasteiger partial charge is 0.369 e. The molecule has 0 saturated carbocycles. The molecular weight excluding hydrogens is 272 g/mol. The van der Waals surface area contributed by atoms with E-state index >= 15 is 0 Å². The van der Waals surface area contributed by atoms with E-state index in [4.69, 9.17) is 21.7 Å². The number of rotatable bonds is 5. The van der Waals surface area contributed by atoms with Gasteiger partial charge in [0.2, 0.25) is 5.91 Å². The van der Waals surface area contributed by atoms with Crippen molar-refractivity contribution in [1.82, 2.24) is 10.6 Å². The van der Waals surface area contributed by atoms with Gasteiger partial charge in [0.1, 0.15) is 11.1 Å². The molecule has 0 unspecified atom stereocenters. The zero-order valence-electron chi connectivity index (χ0n) is 10.4. The van der Waals surface area contributed by atoms with Crippen LogP contribution in [0.1, 0.15) is 6.92 Å². The zero-order valence-corrected chi connectivity index (χ0v) is 12.0. The second-order valence-electron chi connectivity index (χ2n) is 3.85. The van der Waals surface area contributed by atoms with Crippen molar-refractivity contribution in [1.29, 1.82) is 0 Å². The number of hydrogen-bond acceptors (Lipinski definition) is 5. The van der Waals surface area contributed by atoms with E-state index in [1.54, 1.807) is 6.92 Å². The van der Waals surface area contributed by atoms with Crippen molar-refractivity contribution in [2.45, 2.75) is 12.2 Å². The summed E-state index contributed by atoms with van der Waals surface area (Å²) in [6, 6.07) is 0. The number of carbonyl (C=O) groups excluding carboxylic acids is 1. The monoisotopic (exact) mass is 290 g/mol. The number of nitrogens with one attached hydrogen (secondary N) is 2. The first-order valence-electron chi connectivity index (χ1n) is 5.63. The van der Waals surface area contributed by atoms with Gasteiger partial charge in [-0.05, 0) is 6.92 Å². The lowest BCUT2D eigenvalue weighted by molar-refractivity contribution is -0.117. The van der Waals surface area contributed by atoms with E-state index in [0.717, 1.165) is 0 Å². The van der Waals surface area contributed by atoms with Gasteiger partial charge in [-0.25, -0.2) is 0 Å². The summed E-state index contributed by atoms with van der Waals surface area (Å²) >= 11 is 6.70. The summed E-state index contributed by atoms with van der Waals surface area (Å²) in [4.78, 5) is 11.2. The molecule has 7 heteroatoms. The second kappa shape index (κ2) is 8.47. The highest BCUT2D eigenvalue weighted by atomic mass is 32.2. The van der Waals surface area contributed by atoms with Crippen LogP contribution in [0.15, 0.2) is 12.2 Å². The maximum atomic E-state index is 11.2. The molecule has 0 aromatic heterocycles. The van der Waals surface area contributed by atoms with Crippen molar-refractivity contribution in [3.63, 3.8) is 0 Å². The molecule has 1 fully saturated rings. The number of ether oxygens (including phenoxy) is 2. The average molecular weight is 290 g/mol. The predicted molar refractivity (Wildman–Crippen MR) is 76.6 cm³/mol. The van der Waals surface area contributed by atoms with Crippen molar-refractivity contribution in [2.75, 3.05) is 33.1 Å². The minimum atomic E-state index is -0.135. The van der Waals surface area contributed by atoms with E-state index in [9.17, 15) is 4.79 Å². The maximum absolute atomic E-state index is 11.2. The van der Waals surface area contributed by atoms with E-state index in [1.165, 1.54) is 11.8 Å². The molecule has 1 aliphatic rings. The molecule has 1 heterocycles. The molecule has 0 bridgehead atoms. The number of thioether (sulfide) groups is 1. The minimum Gasteiger partial charge on any atom is -0.369 e. The molecule has 1 rings (SSSR count). The fourth-order valence-electron chi connectivity index (χ4n) is 1.22. The first-order valence-corrected chi connectivity index (χ1v) is 6.92.